The molecule has 16 heavy (non-hydrogen) atoms. The molecule has 0 aromatic rings. The average molecular weight is 224 g/mol. The number of carbonyl (C=O) groups is 1. The molecular weight excluding hydrogens is 205 g/mol. The number of hydrogen-bond acceptors (Lipinski definition) is 4. The van der Waals surface area contributed by atoms with Crippen LogP contribution in [0.1, 0.15) is 19.3 Å². The van der Waals surface area contributed by atoms with Gasteiger partial charge in [0.15, 0.2) is 0 Å². The van der Waals surface area contributed by atoms with E-state index < -0.39 is 0 Å². The summed E-state index contributed by atoms with van der Waals surface area (Å²) < 4.78 is 4.84. The van der Waals surface area contributed by atoms with Crippen LogP contribution < -0.4 is 5.73 Å². The van der Waals surface area contributed by atoms with Gasteiger partial charge in [0.1, 0.15) is 6.40 Å². The molecule has 0 aromatic heterocycles. The number of nitrogens with one attached hydrogen (secondary N) is 1. The predicted molar refractivity (Wildman–Crippen MR) is 63.4 cm³/mol. The van der Waals surface area contributed by atoms with Crippen molar-refractivity contribution in [3.63, 3.8) is 0 Å². The third-order valence-electron chi connectivity index (χ3n) is 3.07. The Balaban J connectivity index is 2.52. The molecule has 1 radical (unpaired) electrons. The van der Waals surface area contributed by atoms with Gasteiger partial charge in [-0.3, -0.25) is 10.2 Å². The molecule has 89 valence electrons. The summed E-state index contributed by atoms with van der Waals surface area (Å²) >= 11 is 0. The smallest absolute Gasteiger partial charge is 0.376 e. The van der Waals surface area contributed by atoms with Crippen molar-refractivity contribution >= 4 is 19.8 Å². The number of carbonyl (C=O) groups excluding carboxylic acids is 1. The molecule has 6 heteroatoms. The maximum absolute atomic E-state index is 11.8. The number of nitrogens with two attached hydrogens (primary N) is 1. The number of rotatable bonds is 4. The molecule has 1 amide bonds. The molecule has 1 saturated carbocycles. The highest BCUT2D eigenvalue weighted by Gasteiger charge is 2.34. The highest BCUT2D eigenvalue weighted by Crippen LogP contribution is 2.32. The summed E-state index contributed by atoms with van der Waals surface area (Å²) in [6, 6.07) is 0.0335. The summed E-state index contributed by atoms with van der Waals surface area (Å²) in [7, 11) is 5.11. The lowest BCUT2D eigenvalue weighted by molar-refractivity contribution is -0.134. The lowest BCUT2D eigenvalue weighted by Crippen LogP contribution is -2.40. The van der Waals surface area contributed by atoms with E-state index >= 15 is 0 Å². The highest BCUT2D eigenvalue weighted by atomic mass is 16.4. The van der Waals surface area contributed by atoms with Crippen LogP contribution in [0.15, 0.2) is 0 Å². The van der Waals surface area contributed by atoms with Crippen LogP contribution in [0, 0.1) is 11.3 Å². The van der Waals surface area contributed by atoms with Gasteiger partial charge in [0.2, 0.25) is 5.91 Å². The van der Waals surface area contributed by atoms with E-state index in [1.165, 1.54) is 0 Å². The van der Waals surface area contributed by atoms with Crippen molar-refractivity contribution in [3.8, 4) is 0 Å². The molecule has 3 N–H and O–H groups in total. The van der Waals surface area contributed by atoms with E-state index in [1.54, 1.807) is 26.5 Å². The molecule has 3 atom stereocenters. The van der Waals surface area contributed by atoms with Crippen LogP contribution >= 0.6 is 0 Å². The summed E-state index contributed by atoms with van der Waals surface area (Å²) in [6.07, 6.45) is 3.26. The summed E-state index contributed by atoms with van der Waals surface area (Å²) in [6.45, 7) is 0. The minimum Gasteiger partial charge on any atom is -0.555 e. The molecule has 0 bridgehead atoms. The maximum atomic E-state index is 11.8. The van der Waals surface area contributed by atoms with Gasteiger partial charge in [0.25, 0.3) is 0 Å². The van der Waals surface area contributed by atoms with Crippen LogP contribution in [0.4, 0.5) is 0 Å². The zero-order valence-electron chi connectivity index (χ0n) is 9.85. The van der Waals surface area contributed by atoms with E-state index in [0.29, 0.717) is 6.42 Å². The van der Waals surface area contributed by atoms with Crippen molar-refractivity contribution in [1.82, 2.24) is 4.90 Å². The molecule has 1 fully saturated rings. The van der Waals surface area contributed by atoms with Gasteiger partial charge >= 0.3 is 7.48 Å². The van der Waals surface area contributed by atoms with Crippen molar-refractivity contribution in [3.05, 3.63) is 0 Å². The molecule has 1 rings (SSSR count). The van der Waals surface area contributed by atoms with E-state index in [4.69, 9.17) is 15.8 Å². The maximum Gasteiger partial charge on any atom is 0.376 e. The van der Waals surface area contributed by atoms with Crippen molar-refractivity contribution in [1.29, 1.82) is 5.41 Å². The fraction of sp³-hybridized carbons (Fsp3) is 0.800. The van der Waals surface area contributed by atoms with Crippen LogP contribution in [0.25, 0.3) is 0 Å². The predicted octanol–water partition coefficient (Wildman–Crippen LogP) is 0.233. The van der Waals surface area contributed by atoms with Crippen molar-refractivity contribution < 1.29 is 9.45 Å². The standard InChI is InChI=1S/C10H19BN3O2/c1-14(2)10(15)7-3-4-9(13)8(5-7)11-16-6-12/h6-9,12H,3-5,13H2,1-2H3/t7-,8+,9-/m0/s1. The van der Waals surface area contributed by atoms with Gasteiger partial charge < -0.3 is 15.3 Å². The van der Waals surface area contributed by atoms with Crippen LogP contribution in [0.2, 0.25) is 5.82 Å². The zero-order chi connectivity index (χ0) is 12.1. The first-order chi connectivity index (χ1) is 7.56. The number of hydrogen-bond donors (Lipinski definition) is 2. The Kier molecular flexibility index (Phi) is 4.80. The van der Waals surface area contributed by atoms with Gasteiger partial charge in [0.05, 0.1) is 0 Å². The van der Waals surface area contributed by atoms with Crippen LogP contribution in [0.3, 0.4) is 0 Å². The highest BCUT2D eigenvalue weighted by molar-refractivity contribution is 6.32. The summed E-state index contributed by atoms with van der Waals surface area (Å²) in [5.74, 6) is 0.245. The molecular formula is C10H19BN3O2. The Morgan fingerprint density at radius 3 is 2.81 bits per heavy atom. The lowest BCUT2D eigenvalue weighted by Gasteiger charge is -2.33. The van der Waals surface area contributed by atoms with Crippen molar-refractivity contribution in [2.45, 2.75) is 31.1 Å². The van der Waals surface area contributed by atoms with E-state index in [1.807, 2.05) is 0 Å². The molecule has 0 heterocycles. The zero-order valence-corrected chi connectivity index (χ0v) is 9.85. The molecule has 0 unspecified atom stereocenters. The van der Waals surface area contributed by atoms with E-state index in [9.17, 15) is 4.79 Å². The quantitative estimate of drug-likeness (QED) is 0.407. The second-order valence-electron chi connectivity index (χ2n) is 4.46. The Hall–Kier alpha value is -1.04. The third kappa shape index (κ3) is 3.23. The number of nitrogens with zero attached hydrogens (tertiary/aromatic N) is 1. The van der Waals surface area contributed by atoms with Gasteiger partial charge in [-0.05, 0) is 25.1 Å². The minimum atomic E-state index is 0.0328. The molecule has 0 aliphatic heterocycles. The topological polar surface area (TPSA) is 79.4 Å². The molecule has 1 aliphatic carbocycles. The first kappa shape index (κ1) is 13.0. The Morgan fingerprint density at radius 1 is 1.56 bits per heavy atom. The molecule has 0 saturated heterocycles. The van der Waals surface area contributed by atoms with Crippen molar-refractivity contribution in [2.24, 2.45) is 11.7 Å². The normalized spacial score (nSPS) is 29.3. The van der Waals surface area contributed by atoms with Gasteiger partial charge in [-0.2, -0.15) is 0 Å². The van der Waals surface area contributed by atoms with Crippen LogP contribution in [-0.4, -0.2) is 44.8 Å². The summed E-state index contributed by atoms with van der Waals surface area (Å²) in [5, 5.41) is 6.80. The van der Waals surface area contributed by atoms with E-state index in [2.05, 4.69) is 0 Å². The SMILES string of the molecule is CN(C)C(=O)[C@H]1CC[C@H](N)[C@H]([B]OC=N)C1. The summed E-state index contributed by atoms with van der Waals surface area (Å²) in [4.78, 5) is 13.4. The average Bonchev–Trinajstić information content (AvgIpc) is 2.27. The van der Waals surface area contributed by atoms with Gasteiger partial charge in [0, 0.05) is 26.1 Å². The molecule has 1 aliphatic rings. The van der Waals surface area contributed by atoms with Crippen LogP contribution in [0.5, 0.6) is 0 Å². The van der Waals surface area contributed by atoms with Crippen LogP contribution in [-0.2, 0) is 9.45 Å². The molecule has 5 nitrogen and oxygen atoms in total. The Bertz CT molecular complexity index is 260. The Morgan fingerprint density at radius 2 is 2.25 bits per heavy atom. The fourth-order valence-electron chi connectivity index (χ4n) is 2.12. The second kappa shape index (κ2) is 5.89. The number of amides is 1. The molecule has 0 aromatic carbocycles. The fourth-order valence-corrected chi connectivity index (χ4v) is 2.12. The molecule has 0 spiro atoms. The first-order valence-corrected chi connectivity index (χ1v) is 5.50. The largest absolute Gasteiger partial charge is 0.555 e. The van der Waals surface area contributed by atoms with Gasteiger partial charge in [-0.1, -0.05) is 0 Å². The lowest BCUT2D eigenvalue weighted by atomic mass is 9.64. The van der Waals surface area contributed by atoms with E-state index in [0.717, 1.165) is 19.2 Å². The summed E-state index contributed by atoms with van der Waals surface area (Å²) in [5.41, 5.74) is 5.95. The Labute approximate surface area is 97.1 Å². The van der Waals surface area contributed by atoms with Gasteiger partial charge in [-0.15, -0.1) is 0 Å². The van der Waals surface area contributed by atoms with Crippen molar-refractivity contribution in [2.75, 3.05) is 14.1 Å². The monoisotopic (exact) mass is 224 g/mol. The van der Waals surface area contributed by atoms with Gasteiger partial charge in [-0.25, -0.2) is 0 Å². The first-order valence-electron chi connectivity index (χ1n) is 5.50. The van der Waals surface area contributed by atoms with E-state index in [-0.39, 0.29) is 23.7 Å². The minimum absolute atomic E-state index is 0.0328. The second-order valence-corrected chi connectivity index (χ2v) is 4.46. The third-order valence-corrected chi connectivity index (χ3v) is 3.07.